The van der Waals surface area contributed by atoms with Crippen LogP contribution < -0.4 is 5.32 Å². The Bertz CT molecular complexity index is 622. The number of fused-ring (bicyclic) bond motifs is 1. The number of likely N-dealkylation sites (N-methyl/N-ethyl adjacent to an activating group) is 1. The largest absolute Gasteiger partial charge is 0.448 e. The fourth-order valence-corrected chi connectivity index (χ4v) is 2.54. The van der Waals surface area contributed by atoms with E-state index in [1.54, 1.807) is 22.9 Å². The molecule has 19 heavy (non-hydrogen) atoms. The van der Waals surface area contributed by atoms with Gasteiger partial charge in [-0.1, -0.05) is 11.6 Å². The number of hydrogen-bond donors (Lipinski definition) is 1. The van der Waals surface area contributed by atoms with E-state index in [2.05, 4.69) is 10.3 Å². The number of thiazole rings is 1. The molecular formula is C11H12ClN3O3S. The standard InChI is InChI=1S/C11H12ClN3O3S/c1-3-13-9(16)6(2)18-10(17)7-8(12)14-11-15(7)4-5-19-11/h4-6H,3H2,1-2H3,(H,13,16)/t6-/m1/s1. The molecule has 2 aromatic heterocycles. The summed E-state index contributed by atoms with van der Waals surface area (Å²) in [5.41, 5.74) is 0.133. The van der Waals surface area contributed by atoms with E-state index in [0.717, 1.165) is 0 Å². The number of nitrogens with one attached hydrogen (secondary N) is 1. The van der Waals surface area contributed by atoms with Crippen LogP contribution in [0.15, 0.2) is 11.6 Å². The van der Waals surface area contributed by atoms with E-state index >= 15 is 0 Å². The number of nitrogens with zero attached hydrogens (tertiary/aromatic N) is 2. The highest BCUT2D eigenvalue weighted by atomic mass is 35.5. The first-order chi connectivity index (χ1) is 9.04. The Kier molecular flexibility index (Phi) is 4.06. The summed E-state index contributed by atoms with van der Waals surface area (Å²) in [6.07, 6.45) is 0.791. The van der Waals surface area contributed by atoms with Crippen molar-refractivity contribution in [3.63, 3.8) is 0 Å². The summed E-state index contributed by atoms with van der Waals surface area (Å²) in [5, 5.41) is 4.42. The number of aromatic nitrogens is 2. The number of amides is 1. The SMILES string of the molecule is CCNC(=O)[C@@H](C)OC(=O)c1c(Cl)nc2sccn12. The topological polar surface area (TPSA) is 72.7 Å². The summed E-state index contributed by atoms with van der Waals surface area (Å²) in [4.78, 5) is 28.1. The fraction of sp³-hybridized carbons (Fsp3) is 0.364. The van der Waals surface area contributed by atoms with E-state index in [9.17, 15) is 9.59 Å². The van der Waals surface area contributed by atoms with Crippen molar-refractivity contribution in [1.29, 1.82) is 0 Å². The molecule has 0 aliphatic heterocycles. The second-order valence-corrected chi connectivity index (χ2v) is 4.98. The first kappa shape index (κ1) is 13.8. The number of halogens is 1. The van der Waals surface area contributed by atoms with E-state index in [0.29, 0.717) is 11.5 Å². The van der Waals surface area contributed by atoms with Gasteiger partial charge in [0.1, 0.15) is 0 Å². The summed E-state index contributed by atoms with van der Waals surface area (Å²) in [6.45, 7) is 3.76. The van der Waals surface area contributed by atoms with Gasteiger partial charge in [0, 0.05) is 18.1 Å². The third-order valence-corrected chi connectivity index (χ3v) is 3.44. The Morgan fingerprint density at radius 2 is 2.37 bits per heavy atom. The van der Waals surface area contributed by atoms with Crippen LogP contribution in [0.25, 0.3) is 4.96 Å². The molecule has 2 heterocycles. The van der Waals surface area contributed by atoms with Gasteiger partial charge in [-0.2, -0.15) is 0 Å². The van der Waals surface area contributed by atoms with Crippen molar-refractivity contribution in [3.05, 3.63) is 22.4 Å². The number of ether oxygens (including phenoxy) is 1. The second kappa shape index (κ2) is 5.58. The van der Waals surface area contributed by atoms with Crippen LogP contribution in [0, 0.1) is 0 Å². The Morgan fingerprint density at radius 1 is 1.63 bits per heavy atom. The molecule has 0 radical (unpaired) electrons. The fourth-order valence-electron chi connectivity index (χ4n) is 1.53. The average Bonchev–Trinajstić information content (AvgIpc) is 2.88. The third kappa shape index (κ3) is 2.71. The molecule has 0 saturated heterocycles. The van der Waals surface area contributed by atoms with Gasteiger partial charge in [-0.05, 0) is 13.8 Å². The highest BCUT2D eigenvalue weighted by molar-refractivity contribution is 7.15. The lowest BCUT2D eigenvalue weighted by Crippen LogP contribution is -2.35. The number of carbonyl (C=O) groups excluding carboxylic acids is 2. The van der Waals surface area contributed by atoms with Crippen LogP contribution in [0.1, 0.15) is 24.3 Å². The van der Waals surface area contributed by atoms with Gasteiger partial charge >= 0.3 is 5.97 Å². The lowest BCUT2D eigenvalue weighted by molar-refractivity contribution is -0.128. The number of imidazole rings is 1. The van der Waals surface area contributed by atoms with Crippen LogP contribution in [0.4, 0.5) is 0 Å². The summed E-state index contributed by atoms with van der Waals surface area (Å²) < 4.78 is 6.62. The molecule has 102 valence electrons. The summed E-state index contributed by atoms with van der Waals surface area (Å²) >= 11 is 7.25. The van der Waals surface area contributed by atoms with E-state index < -0.39 is 12.1 Å². The zero-order valence-electron chi connectivity index (χ0n) is 10.3. The highest BCUT2D eigenvalue weighted by Gasteiger charge is 2.24. The average molecular weight is 302 g/mol. The van der Waals surface area contributed by atoms with Crippen LogP contribution in [0.5, 0.6) is 0 Å². The molecule has 0 saturated carbocycles. The first-order valence-corrected chi connectivity index (χ1v) is 6.90. The van der Waals surface area contributed by atoms with Crippen LogP contribution in [-0.2, 0) is 9.53 Å². The zero-order chi connectivity index (χ0) is 14.0. The van der Waals surface area contributed by atoms with Gasteiger partial charge in [-0.3, -0.25) is 9.20 Å². The normalized spacial score (nSPS) is 12.4. The minimum Gasteiger partial charge on any atom is -0.448 e. The lowest BCUT2D eigenvalue weighted by Gasteiger charge is -2.12. The van der Waals surface area contributed by atoms with Crippen LogP contribution in [-0.4, -0.2) is 33.9 Å². The van der Waals surface area contributed by atoms with Crippen molar-refractivity contribution in [2.45, 2.75) is 20.0 Å². The molecule has 0 aromatic carbocycles. The van der Waals surface area contributed by atoms with Gasteiger partial charge in [0.2, 0.25) is 0 Å². The molecule has 0 aliphatic carbocycles. The molecule has 1 N–H and O–H groups in total. The van der Waals surface area contributed by atoms with Gasteiger partial charge < -0.3 is 10.1 Å². The first-order valence-electron chi connectivity index (χ1n) is 5.64. The maximum Gasteiger partial charge on any atom is 0.359 e. The van der Waals surface area contributed by atoms with Gasteiger partial charge in [-0.15, -0.1) is 11.3 Å². The molecular weight excluding hydrogens is 290 g/mol. The Balaban J connectivity index is 2.18. The Morgan fingerprint density at radius 3 is 3.05 bits per heavy atom. The van der Waals surface area contributed by atoms with E-state index in [-0.39, 0.29) is 16.8 Å². The monoisotopic (exact) mass is 301 g/mol. The van der Waals surface area contributed by atoms with Crippen LogP contribution in [0.2, 0.25) is 5.15 Å². The summed E-state index contributed by atoms with van der Waals surface area (Å²) in [5.74, 6) is -1.02. The Hall–Kier alpha value is -1.60. The molecule has 1 atom stereocenters. The van der Waals surface area contributed by atoms with Gasteiger partial charge in [-0.25, -0.2) is 9.78 Å². The van der Waals surface area contributed by atoms with E-state index in [1.807, 2.05) is 0 Å². The van der Waals surface area contributed by atoms with Gasteiger partial charge in [0.05, 0.1) is 0 Å². The predicted molar refractivity (Wildman–Crippen MR) is 71.6 cm³/mol. The van der Waals surface area contributed by atoms with Crippen molar-refractivity contribution >= 4 is 39.8 Å². The second-order valence-electron chi connectivity index (χ2n) is 3.75. The highest BCUT2D eigenvalue weighted by Crippen LogP contribution is 2.22. The van der Waals surface area contributed by atoms with Crippen LogP contribution >= 0.6 is 22.9 Å². The maximum atomic E-state index is 12.0. The number of rotatable bonds is 4. The predicted octanol–water partition coefficient (Wildman–Crippen LogP) is 1.73. The number of hydrogen-bond acceptors (Lipinski definition) is 5. The van der Waals surface area contributed by atoms with Crippen LogP contribution in [0.3, 0.4) is 0 Å². The smallest absolute Gasteiger partial charge is 0.359 e. The Labute approximate surface area is 118 Å². The van der Waals surface area contributed by atoms with Crippen molar-refractivity contribution in [3.8, 4) is 0 Å². The molecule has 6 nitrogen and oxygen atoms in total. The van der Waals surface area contributed by atoms with E-state index in [4.69, 9.17) is 16.3 Å². The molecule has 2 rings (SSSR count). The lowest BCUT2D eigenvalue weighted by atomic mass is 10.3. The third-order valence-electron chi connectivity index (χ3n) is 2.42. The number of esters is 1. The van der Waals surface area contributed by atoms with Gasteiger partial charge in [0.25, 0.3) is 5.91 Å². The van der Waals surface area contributed by atoms with Crippen molar-refractivity contribution in [2.24, 2.45) is 0 Å². The van der Waals surface area contributed by atoms with Gasteiger partial charge in [0.15, 0.2) is 21.9 Å². The summed E-state index contributed by atoms with van der Waals surface area (Å²) in [6, 6.07) is 0. The minimum atomic E-state index is -0.882. The maximum absolute atomic E-state index is 12.0. The zero-order valence-corrected chi connectivity index (χ0v) is 11.9. The molecule has 2 aromatic rings. The molecule has 0 unspecified atom stereocenters. The van der Waals surface area contributed by atoms with Crippen molar-refractivity contribution < 1.29 is 14.3 Å². The molecule has 1 amide bonds. The van der Waals surface area contributed by atoms with E-state index in [1.165, 1.54) is 18.3 Å². The molecule has 0 aliphatic rings. The molecule has 0 spiro atoms. The van der Waals surface area contributed by atoms with Crippen molar-refractivity contribution in [2.75, 3.05) is 6.54 Å². The quantitative estimate of drug-likeness (QED) is 0.873. The number of carbonyl (C=O) groups is 2. The summed E-state index contributed by atoms with van der Waals surface area (Å²) in [7, 11) is 0. The molecule has 0 bridgehead atoms. The van der Waals surface area contributed by atoms with Crippen molar-refractivity contribution in [1.82, 2.24) is 14.7 Å². The minimum absolute atomic E-state index is 0.0694. The molecule has 8 heteroatoms. The molecule has 0 fully saturated rings.